The zero-order valence-corrected chi connectivity index (χ0v) is 11.5. The van der Waals surface area contributed by atoms with Gasteiger partial charge in [0.25, 0.3) is 0 Å². The summed E-state index contributed by atoms with van der Waals surface area (Å²) in [7, 11) is 1.96. The number of nitrogens with zero attached hydrogens (tertiary/aromatic N) is 2. The van der Waals surface area contributed by atoms with Gasteiger partial charge in [0, 0.05) is 22.5 Å². The van der Waals surface area contributed by atoms with Crippen molar-refractivity contribution in [2.45, 2.75) is 13.5 Å². The maximum atomic E-state index is 4.14. The van der Waals surface area contributed by atoms with E-state index in [-0.39, 0.29) is 0 Å². The van der Waals surface area contributed by atoms with Crippen molar-refractivity contribution >= 4 is 28.3 Å². The Labute approximate surface area is 109 Å². The molecule has 0 unspecified atom stereocenters. The molecule has 0 aliphatic rings. The van der Waals surface area contributed by atoms with E-state index in [0.717, 1.165) is 6.54 Å². The lowest BCUT2D eigenvalue weighted by Gasteiger charge is -2.09. The van der Waals surface area contributed by atoms with Gasteiger partial charge in [-0.15, -0.1) is 0 Å². The van der Waals surface area contributed by atoms with Crippen molar-refractivity contribution in [2.75, 3.05) is 5.32 Å². The number of hydrogen-bond donors (Lipinski definition) is 1. The highest BCUT2D eigenvalue weighted by atomic mass is 127. The fourth-order valence-electron chi connectivity index (χ4n) is 1.59. The van der Waals surface area contributed by atoms with Crippen LogP contribution in [0.15, 0.2) is 30.5 Å². The van der Waals surface area contributed by atoms with E-state index in [2.05, 4.69) is 58.1 Å². The predicted octanol–water partition coefficient (Wildman–Crippen LogP) is 2.95. The molecular formula is C12H14IN3. The third-order valence-corrected chi connectivity index (χ3v) is 3.24. The highest BCUT2D eigenvalue weighted by molar-refractivity contribution is 14.1. The molecule has 0 radical (unpaired) electrons. The SMILES string of the molecule is Cc1cc(I)ccc1NCc1ccnn1C. The number of rotatable bonds is 3. The van der Waals surface area contributed by atoms with Crippen molar-refractivity contribution < 1.29 is 0 Å². The highest BCUT2D eigenvalue weighted by Gasteiger charge is 2.01. The lowest BCUT2D eigenvalue weighted by atomic mass is 10.2. The van der Waals surface area contributed by atoms with Crippen LogP contribution in [-0.2, 0) is 13.6 Å². The van der Waals surface area contributed by atoms with E-state index in [1.54, 1.807) is 0 Å². The minimum atomic E-state index is 0.804. The molecule has 1 N–H and O–H groups in total. The Hall–Kier alpha value is -1.04. The molecule has 4 heteroatoms. The van der Waals surface area contributed by atoms with Crippen LogP contribution in [0.2, 0.25) is 0 Å². The van der Waals surface area contributed by atoms with Gasteiger partial charge in [0.2, 0.25) is 0 Å². The average Bonchev–Trinajstić information content (AvgIpc) is 2.63. The standard InChI is InChI=1S/C12H14IN3/c1-9-7-10(13)3-4-12(9)14-8-11-5-6-15-16(11)2/h3-7,14H,8H2,1-2H3. The molecule has 1 heterocycles. The van der Waals surface area contributed by atoms with Crippen molar-refractivity contribution in [2.24, 2.45) is 7.05 Å². The number of hydrogen-bond acceptors (Lipinski definition) is 2. The molecule has 0 bridgehead atoms. The molecule has 0 spiro atoms. The van der Waals surface area contributed by atoms with E-state index in [4.69, 9.17) is 0 Å². The van der Waals surface area contributed by atoms with Gasteiger partial charge in [-0.1, -0.05) is 0 Å². The average molecular weight is 327 g/mol. The monoisotopic (exact) mass is 327 g/mol. The normalized spacial score (nSPS) is 10.4. The van der Waals surface area contributed by atoms with Gasteiger partial charge in [-0.05, 0) is 59.3 Å². The van der Waals surface area contributed by atoms with Gasteiger partial charge in [-0.2, -0.15) is 5.10 Å². The Balaban J connectivity index is 2.08. The van der Waals surface area contributed by atoms with Crippen LogP contribution in [0.3, 0.4) is 0 Å². The number of aryl methyl sites for hydroxylation is 2. The van der Waals surface area contributed by atoms with Gasteiger partial charge in [0.05, 0.1) is 12.2 Å². The molecule has 0 fully saturated rings. The first-order valence-corrected chi connectivity index (χ1v) is 6.21. The van der Waals surface area contributed by atoms with Crippen LogP contribution in [0.25, 0.3) is 0 Å². The minimum absolute atomic E-state index is 0.804. The second-order valence-corrected chi connectivity index (χ2v) is 5.00. The van der Waals surface area contributed by atoms with Crippen molar-refractivity contribution in [1.82, 2.24) is 9.78 Å². The molecule has 3 nitrogen and oxygen atoms in total. The fraction of sp³-hybridized carbons (Fsp3) is 0.250. The predicted molar refractivity (Wildman–Crippen MR) is 74.4 cm³/mol. The summed E-state index contributed by atoms with van der Waals surface area (Å²) in [5, 5.41) is 7.56. The lowest BCUT2D eigenvalue weighted by Crippen LogP contribution is -2.06. The van der Waals surface area contributed by atoms with Gasteiger partial charge in [0.1, 0.15) is 0 Å². The minimum Gasteiger partial charge on any atom is -0.379 e. The van der Waals surface area contributed by atoms with Gasteiger partial charge in [-0.3, -0.25) is 4.68 Å². The summed E-state index contributed by atoms with van der Waals surface area (Å²) < 4.78 is 3.15. The Morgan fingerprint density at radius 2 is 2.19 bits per heavy atom. The zero-order chi connectivity index (χ0) is 11.5. The first-order chi connectivity index (χ1) is 7.66. The number of halogens is 1. The maximum Gasteiger partial charge on any atom is 0.0571 e. The second kappa shape index (κ2) is 4.86. The quantitative estimate of drug-likeness (QED) is 0.879. The first-order valence-electron chi connectivity index (χ1n) is 5.14. The molecule has 0 atom stereocenters. The molecule has 0 saturated heterocycles. The zero-order valence-electron chi connectivity index (χ0n) is 9.37. The van der Waals surface area contributed by atoms with E-state index < -0.39 is 0 Å². The van der Waals surface area contributed by atoms with Crippen LogP contribution in [0.1, 0.15) is 11.3 Å². The molecule has 2 rings (SSSR count). The summed E-state index contributed by atoms with van der Waals surface area (Å²) in [6.45, 7) is 2.92. The Kier molecular flexibility index (Phi) is 3.48. The van der Waals surface area contributed by atoms with E-state index in [0.29, 0.717) is 0 Å². The number of benzene rings is 1. The van der Waals surface area contributed by atoms with Crippen molar-refractivity contribution in [3.63, 3.8) is 0 Å². The molecule has 1 aromatic carbocycles. The van der Waals surface area contributed by atoms with Crippen LogP contribution in [0.5, 0.6) is 0 Å². The molecule has 2 aromatic rings. The van der Waals surface area contributed by atoms with Gasteiger partial charge >= 0.3 is 0 Å². The van der Waals surface area contributed by atoms with Crippen LogP contribution >= 0.6 is 22.6 Å². The lowest BCUT2D eigenvalue weighted by molar-refractivity contribution is 0.720. The molecule has 0 amide bonds. The maximum absolute atomic E-state index is 4.14. The van der Waals surface area contributed by atoms with E-state index in [1.807, 2.05) is 24.0 Å². The molecule has 0 aliphatic heterocycles. The smallest absolute Gasteiger partial charge is 0.0571 e. The third-order valence-electron chi connectivity index (χ3n) is 2.57. The first kappa shape index (κ1) is 11.4. The summed E-state index contributed by atoms with van der Waals surface area (Å²) in [6.07, 6.45) is 1.82. The summed E-state index contributed by atoms with van der Waals surface area (Å²) >= 11 is 2.32. The Morgan fingerprint density at radius 1 is 1.38 bits per heavy atom. The van der Waals surface area contributed by atoms with Crippen LogP contribution in [0.4, 0.5) is 5.69 Å². The molecule has 16 heavy (non-hydrogen) atoms. The van der Waals surface area contributed by atoms with E-state index in [9.17, 15) is 0 Å². The van der Waals surface area contributed by atoms with Crippen LogP contribution in [0, 0.1) is 10.5 Å². The van der Waals surface area contributed by atoms with Gasteiger partial charge in [-0.25, -0.2) is 0 Å². The van der Waals surface area contributed by atoms with E-state index >= 15 is 0 Å². The van der Waals surface area contributed by atoms with Crippen molar-refractivity contribution in [3.05, 3.63) is 45.3 Å². The Bertz CT molecular complexity index is 491. The molecule has 1 aromatic heterocycles. The van der Waals surface area contributed by atoms with E-state index in [1.165, 1.54) is 20.5 Å². The summed E-state index contributed by atoms with van der Waals surface area (Å²) in [4.78, 5) is 0. The Morgan fingerprint density at radius 3 is 2.81 bits per heavy atom. The topological polar surface area (TPSA) is 29.9 Å². The summed E-state index contributed by atoms with van der Waals surface area (Å²) in [6, 6.07) is 8.42. The fourth-order valence-corrected chi connectivity index (χ4v) is 2.23. The number of aromatic nitrogens is 2. The molecular weight excluding hydrogens is 313 g/mol. The van der Waals surface area contributed by atoms with Crippen molar-refractivity contribution in [3.8, 4) is 0 Å². The largest absolute Gasteiger partial charge is 0.379 e. The number of nitrogens with one attached hydrogen (secondary N) is 1. The number of anilines is 1. The highest BCUT2D eigenvalue weighted by Crippen LogP contribution is 2.18. The van der Waals surface area contributed by atoms with Crippen LogP contribution in [-0.4, -0.2) is 9.78 Å². The van der Waals surface area contributed by atoms with Crippen molar-refractivity contribution in [1.29, 1.82) is 0 Å². The third kappa shape index (κ3) is 2.55. The van der Waals surface area contributed by atoms with Crippen LogP contribution < -0.4 is 5.32 Å². The molecule has 0 saturated carbocycles. The molecule has 84 valence electrons. The van der Waals surface area contributed by atoms with Gasteiger partial charge in [0.15, 0.2) is 0 Å². The molecule has 0 aliphatic carbocycles. The second-order valence-electron chi connectivity index (χ2n) is 3.76. The summed E-state index contributed by atoms with van der Waals surface area (Å²) in [5.41, 5.74) is 3.63. The summed E-state index contributed by atoms with van der Waals surface area (Å²) in [5.74, 6) is 0. The van der Waals surface area contributed by atoms with Gasteiger partial charge < -0.3 is 5.32 Å².